The van der Waals surface area contributed by atoms with Crippen molar-refractivity contribution in [2.24, 2.45) is 5.92 Å². The minimum absolute atomic E-state index is 0.0869. The summed E-state index contributed by atoms with van der Waals surface area (Å²) >= 11 is 0. The Kier molecular flexibility index (Phi) is 5.20. The normalized spacial score (nSPS) is 18.0. The Hall–Kier alpha value is -2.63. The Bertz CT molecular complexity index is 900. The maximum Gasteiger partial charge on any atom is 0.255 e. The molecule has 28 heavy (non-hydrogen) atoms. The van der Waals surface area contributed by atoms with E-state index in [4.69, 9.17) is 0 Å². The van der Waals surface area contributed by atoms with E-state index < -0.39 is 0 Å². The van der Waals surface area contributed by atoms with Crippen LogP contribution in [0.15, 0.2) is 35.1 Å². The second kappa shape index (κ2) is 7.78. The Labute approximate surface area is 165 Å². The third-order valence-electron chi connectivity index (χ3n) is 6.09. The summed E-state index contributed by atoms with van der Waals surface area (Å²) in [6.07, 6.45) is 5.18. The Morgan fingerprint density at radius 3 is 2.61 bits per heavy atom. The molecule has 1 aromatic heterocycles. The maximum absolute atomic E-state index is 13.6. The van der Waals surface area contributed by atoms with Gasteiger partial charge in [0.2, 0.25) is 11.9 Å². The molecule has 1 fully saturated rings. The smallest absolute Gasteiger partial charge is 0.255 e. The Morgan fingerprint density at radius 1 is 1.21 bits per heavy atom. The van der Waals surface area contributed by atoms with Crippen molar-refractivity contribution < 1.29 is 4.79 Å². The summed E-state index contributed by atoms with van der Waals surface area (Å²) in [5.41, 5.74) is 2.46. The number of aromatic nitrogens is 2. The van der Waals surface area contributed by atoms with Crippen molar-refractivity contribution in [1.29, 1.82) is 0 Å². The van der Waals surface area contributed by atoms with Gasteiger partial charge in [0, 0.05) is 26.2 Å². The van der Waals surface area contributed by atoms with Crippen molar-refractivity contribution in [2.75, 3.05) is 25.5 Å². The molecule has 1 unspecified atom stereocenters. The highest BCUT2D eigenvalue weighted by atomic mass is 16.2. The van der Waals surface area contributed by atoms with Crippen molar-refractivity contribution in [3.8, 4) is 0 Å². The number of hydrogen-bond acceptors (Lipinski definition) is 4. The lowest BCUT2D eigenvalue weighted by atomic mass is 9.83. The summed E-state index contributed by atoms with van der Waals surface area (Å²) in [5, 5.41) is 0. The van der Waals surface area contributed by atoms with Gasteiger partial charge in [-0.3, -0.25) is 14.6 Å². The van der Waals surface area contributed by atoms with Crippen LogP contribution in [0.5, 0.6) is 0 Å². The number of fused-ring (bicyclic) bond motifs is 1. The van der Waals surface area contributed by atoms with Crippen LogP contribution in [-0.4, -0.2) is 41.4 Å². The number of nitrogens with zero attached hydrogens (tertiary/aromatic N) is 3. The molecule has 0 spiro atoms. The third kappa shape index (κ3) is 3.55. The number of anilines is 1. The summed E-state index contributed by atoms with van der Waals surface area (Å²) in [4.78, 5) is 37.1. The van der Waals surface area contributed by atoms with Crippen LogP contribution in [0.3, 0.4) is 0 Å². The number of nitrogens with one attached hydrogen (secondary N) is 1. The van der Waals surface area contributed by atoms with E-state index in [1.807, 2.05) is 37.2 Å². The van der Waals surface area contributed by atoms with Gasteiger partial charge in [0.05, 0.1) is 18.2 Å². The fourth-order valence-electron chi connectivity index (χ4n) is 4.59. The second-order valence-corrected chi connectivity index (χ2v) is 8.15. The minimum Gasteiger partial charge on any atom is -0.348 e. The van der Waals surface area contributed by atoms with Gasteiger partial charge in [-0.25, -0.2) is 4.98 Å². The molecule has 1 saturated carbocycles. The molecule has 0 radical (unpaired) electrons. The quantitative estimate of drug-likeness (QED) is 0.885. The molecule has 148 valence electrons. The number of H-pyrrole nitrogens is 1. The van der Waals surface area contributed by atoms with E-state index in [0.717, 1.165) is 24.1 Å². The molecule has 6 heteroatoms. The Morgan fingerprint density at radius 2 is 1.93 bits per heavy atom. The SMILES string of the molecule is CN(C)c1nc2c(c(=O)[nH]1)CCN(C(=O)C(c1ccccc1)C1CCCC1)C2. The molecule has 1 amide bonds. The van der Waals surface area contributed by atoms with Gasteiger partial charge in [0.1, 0.15) is 0 Å². The van der Waals surface area contributed by atoms with Crippen LogP contribution in [-0.2, 0) is 17.8 Å². The predicted molar refractivity (Wildman–Crippen MR) is 109 cm³/mol. The molecule has 4 rings (SSSR count). The number of aromatic amines is 1. The monoisotopic (exact) mass is 380 g/mol. The van der Waals surface area contributed by atoms with E-state index in [9.17, 15) is 9.59 Å². The standard InChI is InChI=1S/C22H28N4O2/c1-25(2)22-23-18-14-26(13-12-17(18)20(27)24-22)21(28)19(16-10-6-7-11-16)15-8-4-3-5-9-15/h3-5,8-9,16,19H,6-7,10-14H2,1-2H3,(H,23,24,27). The molecule has 1 aliphatic carbocycles. The molecule has 6 nitrogen and oxygen atoms in total. The van der Waals surface area contributed by atoms with Crippen molar-refractivity contribution >= 4 is 11.9 Å². The summed E-state index contributed by atoms with van der Waals surface area (Å²) in [6.45, 7) is 0.989. The molecule has 1 aliphatic heterocycles. The summed E-state index contributed by atoms with van der Waals surface area (Å²) in [5.74, 6) is 1.02. The third-order valence-corrected chi connectivity index (χ3v) is 6.09. The number of carbonyl (C=O) groups is 1. The summed E-state index contributed by atoms with van der Waals surface area (Å²) in [6, 6.07) is 10.2. The highest BCUT2D eigenvalue weighted by Gasteiger charge is 2.36. The fourth-order valence-corrected chi connectivity index (χ4v) is 4.59. The first-order valence-corrected chi connectivity index (χ1v) is 10.2. The molecule has 2 aliphatic rings. The molecule has 1 atom stereocenters. The van der Waals surface area contributed by atoms with E-state index in [-0.39, 0.29) is 17.4 Å². The summed E-state index contributed by atoms with van der Waals surface area (Å²) in [7, 11) is 3.70. The lowest BCUT2D eigenvalue weighted by Crippen LogP contribution is -2.43. The van der Waals surface area contributed by atoms with Crippen molar-refractivity contribution in [1.82, 2.24) is 14.9 Å². The zero-order chi connectivity index (χ0) is 19.7. The molecule has 1 N–H and O–H groups in total. The van der Waals surface area contributed by atoms with Gasteiger partial charge >= 0.3 is 0 Å². The fraction of sp³-hybridized carbons (Fsp3) is 0.500. The van der Waals surface area contributed by atoms with Crippen LogP contribution in [0.4, 0.5) is 5.95 Å². The molecular weight excluding hydrogens is 352 g/mol. The second-order valence-electron chi connectivity index (χ2n) is 8.15. The average molecular weight is 380 g/mol. The van der Waals surface area contributed by atoms with E-state index >= 15 is 0 Å². The molecule has 2 heterocycles. The molecular formula is C22H28N4O2. The number of carbonyl (C=O) groups excluding carboxylic acids is 1. The molecule has 0 saturated heterocycles. The van der Waals surface area contributed by atoms with E-state index in [1.54, 1.807) is 4.90 Å². The van der Waals surface area contributed by atoms with Gasteiger partial charge in [0.25, 0.3) is 5.56 Å². The molecule has 2 aromatic rings. The zero-order valence-corrected chi connectivity index (χ0v) is 16.6. The average Bonchev–Trinajstić information content (AvgIpc) is 3.22. The molecule has 1 aromatic carbocycles. The highest BCUT2D eigenvalue weighted by molar-refractivity contribution is 5.84. The largest absolute Gasteiger partial charge is 0.348 e. The van der Waals surface area contributed by atoms with Gasteiger partial charge < -0.3 is 9.80 Å². The van der Waals surface area contributed by atoms with Gasteiger partial charge in [-0.2, -0.15) is 0 Å². The van der Waals surface area contributed by atoms with Gasteiger partial charge in [-0.15, -0.1) is 0 Å². The van der Waals surface area contributed by atoms with Gasteiger partial charge in [0.15, 0.2) is 0 Å². The predicted octanol–water partition coefficient (Wildman–Crippen LogP) is 2.69. The van der Waals surface area contributed by atoms with Crippen molar-refractivity contribution in [3.63, 3.8) is 0 Å². The van der Waals surface area contributed by atoms with Crippen LogP contribution in [0, 0.1) is 5.92 Å². The van der Waals surface area contributed by atoms with Crippen molar-refractivity contribution in [2.45, 2.75) is 44.6 Å². The first-order valence-electron chi connectivity index (χ1n) is 10.2. The maximum atomic E-state index is 13.6. The van der Waals surface area contributed by atoms with Gasteiger partial charge in [-0.05, 0) is 30.7 Å². The number of amides is 1. The number of hydrogen-bond donors (Lipinski definition) is 1. The van der Waals surface area contributed by atoms with E-state index in [0.29, 0.717) is 36.9 Å². The van der Waals surface area contributed by atoms with Crippen molar-refractivity contribution in [3.05, 3.63) is 57.5 Å². The van der Waals surface area contributed by atoms with Crippen LogP contribution in [0.1, 0.15) is 48.4 Å². The number of rotatable bonds is 4. The first kappa shape index (κ1) is 18.7. The summed E-state index contributed by atoms with van der Waals surface area (Å²) < 4.78 is 0. The number of benzene rings is 1. The van der Waals surface area contributed by atoms with Crippen LogP contribution < -0.4 is 10.5 Å². The first-order chi connectivity index (χ1) is 13.5. The lowest BCUT2D eigenvalue weighted by molar-refractivity contribution is -0.135. The topological polar surface area (TPSA) is 69.3 Å². The lowest BCUT2D eigenvalue weighted by Gasteiger charge is -2.33. The zero-order valence-electron chi connectivity index (χ0n) is 16.6. The van der Waals surface area contributed by atoms with Crippen LogP contribution in [0.25, 0.3) is 0 Å². The Balaban J connectivity index is 1.63. The van der Waals surface area contributed by atoms with Crippen LogP contribution in [0.2, 0.25) is 0 Å². The highest BCUT2D eigenvalue weighted by Crippen LogP contribution is 2.39. The van der Waals surface area contributed by atoms with E-state index in [1.165, 1.54) is 12.8 Å². The van der Waals surface area contributed by atoms with Crippen LogP contribution >= 0.6 is 0 Å². The molecule has 0 bridgehead atoms. The van der Waals surface area contributed by atoms with E-state index in [2.05, 4.69) is 22.1 Å². The van der Waals surface area contributed by atoms with Gasteiger partial charge in [-0.1, -0.05) is 43.2 Å². The minimum atomic E-state index is -0.0967.